The number of hydrogen-bond acceptors (Lipinski definition) is 3. The number of nitrogens with zero attached hydrogens (tertiary/aromatic N) is 2. The molecule has 0 amide bonds. The molecule has 0 aromatic carbocycles. The Balaban J connectivity index is 1.81. The van der Waals surface area contributed by atoms with E-state index < -0.39 is 0 Å². The summed E-state index contributed by atoms with van der Waals surface area (Å²) < 4.78 is 0. The van der Waals surface area contributed by atoms with Crippen molar-refractivity contribution in [2.24, 2.45) is 17.3 Å². The van der Waals surface area contributed by atoms with E-state index >= 15 is 0 Å². The van der Waals surface area contributed by atoms with Crippen LogP contribution < -0.4 is 0 Å². The highest BCUT2D eigenvalue weighted by atomic mass is 16.3. The van der Waals surface area contributed by atoms with E-state index in [1.54, 1.807) is 0 Å². The standard InChI is InChI=1S/C17H34N2O/c1-15-5-4-8-17(11-15,14-20)13-19-9-6-16(7-10-19)12-18(2)3/h15-16,20H,4-14H2,1-3H3. The second kappa shape index (κ2) is 7.24. The second-order valence-corrected chi connectivity index (χ2v) is 7.84. The Morgan fingerprint density at radius 2 is 1.90 bits per heavy atom. The molecular formula is C17H34N2O. The predicted octanol–water partition coefficient (Wildman–Crippen LogP) is 2.45. The third kappa shape index (κ3) is 4.44. The second-order valence-electron chi connectivity index (χ2n) is 7.84. The van der Waals surface area contributed by atoms with Crippen LogP contribution in [-0.2, 0) is 0 Å². The molecule has 0 aromatic rings. The highest BCUT2D eigenvalue weighted by Gasteiger charge is 2.36. The molecule has 2 unspecified atom stereocenters. The molecule has 0 spiro atoms. The Morgan fingerprint density at radius 3 is 2.45 bits per heavy atom. The lowest BCUT2D eigenvalue weighted by molar-refractivity contribution is 0.0129. The van der Waals surface area contributed by atoms with E-state index in [0.29, 0.717) is 6.61 Å². The van der Waals surface area contributed by atoms with Crippen molar-refractivity contribution < 1.29 is 5.11 Å². The lowest BCUT2D eigenvalue weighted by Gasteiger charge is -2.44. The van der Waals surface area contributed by atoms with Crippen molar-refractivity contribution in [2.45, 2.75) is 45.4 Å². The molecule has 1 heterocycles. The first-order valence-electron chi connectivity index (χ1n) is 8.51. The molecule has 0 aromatic heterocycles. The van der Waals surface area contributed by atoms with Gasteiger partial charge in [0, 0.05) is 25.1 Å². The van der Waals surface area contributed by atoms with Crippen molar-refractivity contribution in [1.82, 2.24) is 9.80 Å². The van der Waals surface area contributed by atoms with E-state index in [4.69, 9.17) is 0 Å². The minimum absolute atomic E-state index is 0.200. The van der Waals surface area contributed by atoms with Gasteiger partial charge in [-0.25, -0.2) is 0 Å². The maximum Gasteiger partial charge on any atom is 0.0499 e. The van der Waals surface area contributed by atoms with Crippen LogP contribution in [-0.4, -0.2) is 61.8 Å². The fraction of sp³-hybridized carbons (Fsp3) is 1.00. The summed E-state index contributed by atoms with van der Waals surface area (Å²) in [5.41, 5.74) is 0.200. The molecule has 2 atom stereocenters. The van der Waals surface area contributed by atoms with Crippen LogP contribution in [0.25, 0.3) is 0 Å². The molecule has 1 N–H and O–H groups in total. The number of likely N-dealkylation sites (tertiary alicyclic amines) is 1. The lowest BCUT2D eigenvalue weighted by atomic mass is 9.70. The summed E-state index contributed by atoms with van der Waals surface area (Å²) in [5.74, 6) is 1.67. The average Bonchev–Trinajstić information content (AvgIpc) is 2.40. The summed E-state index contributed by atoms with van der Waals surface area (Å²) in [6.07, 6.45) is 7.77. The van der Waals surface area contributed by atoms with Crippen LogP contribution in [0.3, 0.4) is 0 Å². The fourth-order valence-electron chi connectivity index (χ4n) is 4.42. The maximum absolute atomic E-state index is 9.93. The van der Waals surface area contributed by atoms with Crippen LogP contribution in [0.1, 0.15) is 45.4 Å². The normalized spacial score (nSPS) is 33.8. The van der Waals surface area contributed by atoms with Crippen LogP contribution in [0.4, 0.5) is 0 Å². The molecule has 20 heavy (non-hydrogen) atoms. The van der Waals surface area contributed by atoms with Gasteiger partial charge >= 0.3 is 0 Å². The van der Waals surface area contributed by atoms with Crippen molar-refractivity contribution in [3.05, 3.63) is 0 Å². The summed E-state index contributed by atoms with van der Waals surface area (Å²) >= 11 is 0. The number of aliphatic hydroxyl groups excluding tert-OH is 1. The van der Waals surface area contributed by atoms with E-state index in [2.05, 4.69) is 30.8 Å². The van der Waals surface area contributed by atoms with Gasteiger partial charge in [0.1, 0.15) is 0 Å². The Morgan fingerprint density at radius 1 is 1.20 bits per heavy atom. The van der Waals surface area contributed by atoms with Gasteiger partial charge in [-0.1, -0.05) is 19.8 Å². The highest BCUT2D eigenvalue weighted by Crippen LogP contribution is 2.40. The molecule has 2 fully saturated rings. The van der Waals surface area contributed by atoms with Crippen molar-refractivity contribution in [3.63, 3.8) is 0 Å². The molecule has 1 saturated heterocycles. The first kappa shape index (κ1) is 16.3. The maximum atomic E-state index is 9.93. The van der Waals surface area contributed by atoms with Gasteiger partial charge in [0.05, 0.1) is 0 Å². The molecule has 2 rings (SSSR count). The number of piperidine rings is 1. The van der Waals surface area contributed by atoms with Gasteiger partial charge in [-0.2, -0.15) is 0 Å². The van der Waals surface area contributed by atoms with Gasteiger partial charge in [0.15, 0.2) is 0 Å². The highest BCUT2D eigenvalue weighted by molar-refractivity contribution is 4.89. The van der Waals surface area contributed by atoms with Crippen LogP contribution in [0.2, 0.25) is 0 Å². The molecule has 1 saturated carbocycles. The molecule has 0 radical (unpaired) electrons. The van der Waals surface area contributed by atoms with Crippen LogP contribution in [0.5, 0.6) is 0 Å². The predicted molar refractivity (Wildman–Crippen MR) is 84.9 cm³/mol. The monoisotopic (exact) mass is 282 g/mol. The lowest BCUT2D eigenvalue weighted by Crippen LogP contribution is -2.46. The van der Waals surface area contributed by atoms with E-state index in [1.165, 1.54) is 58.2 Å². The summed E-state index contributed by atoms with van der Waals surface area (Å²) in [6.45, 7) is 7.56. The fourth-order valence-corrected chi connectivity index (χ4v) is 4.42. The molecular weight excluding hydrogens is 248 g/mol. The molecule has 2 aliphatic rings. The SMILES string of the molecule is CC1CCCC(CO)(CN2CCC(CN(C)C)CC2)C1. The topological polar surface area (TPSA) is 26.7 Å². The minimum Gasteiger partial charge on any atom is -0.396 e. The Bertz CT molecular complexity index is 287. The molecule has 3 nitrogen and oxygen atoms in total. The summed E-state index contributed by atoms with van der Waals surface area (Å²) in [4.78, 5) is 4.94. The summed E-state index contributed by atoms with van der Waals surface area (Å²) in [7, 11) is 4.35. The Labute approximate surface area is 125 Å². The van der Waals surface area contributed by atoms with Gasteiger partial charge < -0.3 is 14.9 Å². The first-order chi connectivity index (χ1) is 9.53. The Kier molecular flexibility index (Phi) is 5.88. The van der Waals surface area contributed by atoms with Crippen LogP contribution in [0, 0.1) is 17.3 Å². The summed E-state index contributed by atoms with van der Waals surface area (Å²) in [6, 6.07) is 0. The van der Waals surface area contributed by atoms with Crippen LogP contribution >= 0.6 is 0 Å². The van der Waals surface area contributed by atoms with E-state index in [9.17, 15) is 5.11 Å². The average molecular weight is 282 g/mol. The van der Waals surface area contributed by atoms with Gasteiger partial charge in [-0.05, 0) is 64.7 Å². The van der Waals surface area contributed by atoms with E-state index in [0.717, 1.165) is 18.4 Å². The number of hydrogen-bond donors (Lipinski definition) is 1. The van der Waals surface area contributed by atoms with Gasteiger partial charge in [-0.3, -0.25) is 0 Å². The number of aliphatic hydroxyl groups is 1. The van der Waals surface area contributed by atoms with Crippen molar-refractivity contribution in [3.8, 4) is 0 Å². The van der Waals surface area contributed by atoms with Crippen molar-refractivity contribution >= 4 is 0 Å². The third-order valence-electron chi connectivity index (χ3n) is 5.41. The third-order valence-corrected chi connectivity index (χ3v) is 5.41. The molecule has 1 aliphatic heterocycles. The minimum atomic E-state index is 0.200. The zero-order chi connectivity index (χ0) is 14.6. The smallest absolute Gasteiger partial charge is 0.0499 e. The molecule has 0 bridgehead atoms. The first-order valence-corrected chi connectivity index (χ1v) is 8.51. The zero-order valence-corrected chi connectivity index (χ0v) is 13.8. The van der Waals surface area contributed by atoms with Crippen LogP contribution in [0.15, 0.2) is 0 Å². The molecule has 118 valence electrons. The van der Waals surface area contributed by atoms with E-state index in [-0.39, 0.29) is 5.41 Å². The van der Waals surface area contributed by atoms with Gasteiger partial charge in [0.25, 0.3) is 0 Å². The Hall–Kier alpha value is -0.120. The van der Waals surface area contributed by atoms with Gasteiger partial charge in [0.2, 0.25) is 0 Å². The van der Waals surface area contributed by atoms with Crippen molar-refractivity contribution in [2.75, 3.05) is 46.9 Å². The molecule has 3 heteroatoms. The quantitative estimate of drug-likeness (QED) is 0.839. The summed E-state index contributed by atoms with van der Waals surface area (Å²) in [5, 5.41) is 9.93. The van der Waals surface area contributed by atoms with Gasteiger partial charge in [-0.15, -0.1) is 0 Å². The van der Waals surface area contributed by atoms with E-state index in [1.807, 2.05) is 0 Å². The molecule has 1 aliphatic carbocycles. The largest absolute Gasteiger partial charge is 0.396 e. The number of rotatable bonds is 5. The van der Waals surface area contributed by atoms with Crippen molar-refractivity contribution in [1.29, 1.82) is 0 Å². The zero-order valence-electron chi connectivity index (χ0n) is 13.8.